The van der Waals surface area contributed by atoms with Gasteiger partial charge in [-0.3, -0.25) is 14.5 Å². The normalized spacial score (nSPS) is 26.4. The Kier molecular flexibility index (Phi) is 4.15. The largest absolute Gasteiger partial charge is 0.325 e. The number of nitrogens with one attached hydrogen (secondary N) is 2. The Morgan fingerprint density at radius 3 is 2.83 bits per heavy atom. The Balaban J connectivity index is 1.89. The van der Waals surface area contributed by atoms with Gasteiger partial charge in [0, 0.05) is 0 Å². The maximum atomic E-state index is 13.1. The molecule has 2 amide bonds. The summed E-state index contributed by atoms with van der Waals surface area (Å²) in [5.41, 5.74) is 0.641. The van der Waals surface area contributed by atoms with E-state index in [1.165, 1.54) is 24.2 Å². The summed E-state index contributed by atoms with van der Waals surface area (Å²) in [6.45, 7) is 7.32. The number of quaternary nitrogens is 1. The average molecular weight is 316 g/mol. The van der Waals surface area contributed by atoms with E-state index in [2.05, 4.69) is 12.2 Å². The van der Waals surface area contributed by atoms with Crippen LogP contribution in [0.5, 0.6) is 0 Å². The molecule has 2 heterocycles. The van der Waals surface area contributed by atoms with Crippen LogP contribution in [0.2, 0.25) is 0 Å². The van der Waals surface area contributed by atoms with Crippen molar-refractivity contribution >= 4 is 23.2 Å². The van der Waals surface area contributed by atoms with Crippen LogP contribution in [0.4, 0.5) is 11.4 Å². The fourth-order valence-electron chi connectivity index (χ4n) is 3.69. The summed E-state index contributed by atoms with van der Waals surface area (Å²) >= 11 is 0. The molecule has 3 rings (SSSR count). The van der Waals surface area contributed by atoms with Crippen molar-refractivity contribution in [1.29, 1.82) is 0 Å². The van der Waals surface area contributed by atoms with E-state index >= 15 is 0 Å². The van der Waals surface area contributed by atoms with Crippen LogP contribution in [-0.4, -0.2) is 36.5 Å². The fraction of sp³-hybridized carbons (Fsp3) is 0.556. The molecular weight excluding hydrogens is 290 g/mol. The molecule has 5 heteroatoms. The van der Waals surface area contributed by atoms with Crippen LogP contribution < -0.4 is 15.1 Å². The topological polar surface area (TPSA) is 53.9 Å². The Labute approximate surface area is 137 Å². The van der Waals surface area contributed by atoms with Gasteiger partial charge in [0.15, 0.2) is 6.54 Å². The van der Waals surface area contributed by atoms with Crippen LogP contribution >= 0.6 is 0 Å². The number of anilines is 2. The second-order valence-corrected chi connectivity index (χ2v) is 7.24. The molecule has 0 spiro atoms. The standard InChI is InChI=1S/C18H25N3O2/c1-13-8-6-7-11-20(13)12-16(22)21-15-10-5-4-9-14(15)19-17(23)18(21,2)3/h4-5,9-10,13H,6-8,11-12H2,1-3H3,(H,19,23)/p+1/t13-/m0/s1. The highest BCUT2D eigenvalue weighted by Crippen LogP contribution is 2.36. The van der Waals surface area contributed by atoms with Crippen LogP contribution in [0.15, 0.2) is 24.3 Å². The molecule has 2 N–H and O–H groups in total. The molecular formula is C18H26N3O2+. The summed E-state index contributed by atoms with van der Waals surface area (Å²) in [6.07, 6.45) is 3.59. The van der Waals surface area contributed by atoms with Crippen molar-refractivity contribution in [3.05, 3.63) is 24.3 Å². The molecule has 1 unspecified atom stereocenters. The summed E-state index contributed by atoms with van der Waals surface area (Å²) < 4.78 is 0. The predicted octanol–water partition coefficient (Wildman–Crippen LogP) is 1.21. The minimum absolute atomic E-state index is 0.0288. The number of likely N-dealkylation sites (tertiary alicyclic amines) is 1. The highest BCUT2D eigenvalue weighted by molar-refractivity contribution is 6.14. The number of rotatable bonds is 2. The summed E-state index contributed by atoms with van der Waals surface area (Å²) in [7, 11) is 0. The first-order chi connectivity index (χ1) is 10.9. The van der Waals surface area contributed by atoms with Crippen molar-refractivity contribution in [2.45, 2.75) is 51.6 Å². The van der Waals surface area contributed by atoms with Gasteiger partial charge in [-0.15, -0.1) is 0 Å². The van der Waals surface area contributed by atoms with Gasteiger partial charge in [-0.25, -0.2) is 0 Å². The molecule has 23 heavy (non-hydrogen) atoms. The van der Waals surface area contributed by atoms with E-state index < -0.39 is 5.54 Å². The van der Waals surface area contributed by atoms with Gasteiger partial charge in [-0.1, -0.05) is 12.1 Å². The number of benzene rings is 1. The van der Waals surface area contributed by atoms with Crippen LogP contribution in [0.1, 0.15) is 40.0 Å². The fourth-order valence-corrected chi connectivity index (χ4v) is 3.69. The number of para-hydroxylation sites is 2. The monoisotopic (exact) mass is 316 g/mol. The SMILES string of the molecule is C[C@H]1CCCC[NH+]1CC(=O)N1c2ccccc2NC(=O)C1(C)C. The van der Waals surface area contributed by atoms with Gasteiger partial charge >= 0.3 is 0 Å². The number of carbonyl (C=O) groups is 2. The highest BCUT2D eigenvalue weighted by atomic mass is 16.2. The summed E-state index contributed by atoms with van der Waals surface area (Å²) in [6, 6.07) is 8.04. The van der Waals surface area contributed by atoms with E-state index in [0.29, 0.717) is 18.3 Å². The van der Waals surface area contributed by atoms with Crippen molar-refractivity contribution in [2.75, 3.05) is 23.3 Å². The third-order valence-corrected chi connectivity index (χ3v) is 5.22. The number of nitrogens with zero attached hydrogens (tertiary/aromatic N) is 1. The average Bonchev–Trinajstić information content (AvgIpc) is 2.50. The molecule has 0 radical (unpaired) electrons. The quantitative estimate of drug-likeness (QED) is 0.862. The molecule has 1 fully saturated rings. The number of hydrogen-bond donors (Lipinski definition) is 2. The first-order valence-electron chi connectivity index (χ1n) is 8.49. The zero-order chi connectivity index (χ0) is 16.6. The lowest BCUT2D eigenvalue weighted by Crippen LogP contribution is -3.17. The second kappa shape index (κ2) is 5.96. The minimum Gasteiger partial charge on any atom is -0.325 e. The smallest absolute Gasteiger partial charge is 0.283 e. The lowest BCUT2D eigenvalue weighted by molar-refractivity contribution is -0.920. The third kappa shape index (κ3) is 2.85. The molecule has 1 aromatic rings. The maximum absolute atomic E-state index is 13.1. The highest BCUT2D eigenvalue weighted by Gasteiger charge is 2.44. The number of fused-ring (bicyclic) bond motifs is 1. The van der Waals surface area contributed by atoms with Crippen molar-refractivity contribution < 1.29 is 14.5 Å². The molecule has 0 aliphatic carbocycles. The summed E-state index contributed by atoms with van der Waals surface area (Å²) in [5.74, 6) is -0.104. The third-order valence-electron chi connectivity index (χ3n) is 5.22. The molecule has 124 valence electrons. The zero-order valence-corrected chi connectivity index (χ0v) is 14.2. The Hall–Kier alpha value is -1.88. The Morgan fingerprint density at radius 1 is 1.35 bits per heavy atom. The van der Waals surface area contributed by atoms with Crippen LogP contribution in [-0.2, 0) is 9.59 Å². The molecule has 2 atom stereocenters. The maximum Gasteiger partial charge on any atom is 0.283 e. The first kappa shape index (κ1) is 16.0. The lowest BCUT2D eigenvalue weighted by Gasteiger charge is -2.42. The Bertz CT molecular complexity index is 626. The molecule has 0 saturated carbocycles. The molecule has 1 aromatic carbocycles. The van der Waals surface area contributed by atoms with E-state index in [-0.39, 0.29) is 11.8 Å². The second-order valence-electron chi connectivity index (χ2n) is 7.24. The summed E-state index contributed by atoms with van der Waals surface area (Å²) in [4.78, 5) is 28.5. The Morgan fingerprint density at radius 2 is 2.09 bits per heavy atom. The predicted molar refractivity (Wildman–Crippen MR) is 90.6 cm³/mol. The van der Waals surface area contributed by atoms with E-state index in [1.54, 1.807) is 4.90 Å². The molecule has 2 aliphatic rings. The van der Waals surface area contributed by atoms with Gasteiger partial charge < -0.3 is 10.2 Å². The number of piperidine rings is 1. The van der Waals surface area contributed by atoms with Crippen molar-refractivity contribution in [2.24, 2.45) is 0 Å². The van der Waals surface area contributed by atoms with Crippen LogP contribution in [0.25, 0.3) is 0 Å². The van der Waals surface area contributed by atoms with Gasteiger partial charge in [0.05, 0.1) is 24.0 Å². The first-order valence-corrected chi connectivity index (χ1v) is 8.49. The van der Waals surface area contributed by atoms with E-state index in [4.69, 9.17) is 0 Å². The zero-order valence-electron chi connectivity index (χ0n) is 14.2. The number of carbonyl (C=O) groups excluding carboxylic acids is 2. The molecule has 1 saturated heterocycles. The van der Waals surface area contributed by atoms with Gasteiger partial charge in [0.2, 0.25) is 5.91 Å². The number of hydrogen-bond acceptors (Lipinski definition) is 2. The minimum atomic E-state index is -0.871. The van der Waals surface area contributed by atoms with Gasteiger partial charge in [0.25, 0.3) is 5.91 Å². The van der Waals surface area contributed by atoms with Crippen molar-refractivity contribution in [3.63, 3.8) is 0 Å². The van der Waals surface area contributed by atoms with E-state index in [9.17, 15) is 9.59 Å². The van der Waals surface area contributed by atoms with Crippen LogP contribution in [0.3, 0.4) is 0 Å². The molecule has 5 nitrogen and oxygen atoms in total. The molecule has 0 bridgehead atoms. The van der Waals surface area contributed by atoms with E-state index in [0.717, 1.165) is 12.2 Å². The van der Waals surface area contributed by atoms with Gasteiger partial charge in [-0.05, 0) is 52.2 Å². The van der Waals surface area contributed by atoms with Crippen LogP contribution in [0, 0.1) is 0 Å². The molecule has 2 aliphatic heterocycles. The van der Waals surface area contributed by atoms with E-state index in [1.807, 2.05) is 38.1 Å². The van der Waals surface area contributed by atoms with Crippen molar-refractivity contribution in [1.82, 2.24) is 0 Å². The van der Waals surface area contributed by atoms with Gasteiger partial charge in [-0.2, -0.15) is 0 Å². The van der Waals surface area contributed by atoms with Gasteiger partial charge in [0.1, 0.15) is 5.54 Å². The lowest BCUT2D eigenvalue weighted by atomic mass is 9.95. The van der Waals surface area contributed by atoms with Crippen molar-refractivity contribution in [3.8, 4) is 0 Å². The summed E-state index contributed by atoms with van der Waals surface area (Å²) in [5, 5.41) is 2.91. The molecule has 0 aromatic heterocycles. The number of amides is 2.